The molecule has 1 aliphatic rings. The Hall–Kier alpha value is -0.303. The molecule has 62 valence electrons. The van der Waals surface area contributed by atoms with Gasteiger partial charge in [0.1, 0.15) is 0 Å². The van der Waals surface area contributed by atoms with Crippen molar-refractivity contribution in [3.05, 3.63) is 23.4 Å². The van der Waals surface area contributed by atoms with Crippen molar-refractivity contribution in [3.63, 3.8) is 0 Å². The minimum atomic E-state index is -1.06. The first-order valence-electron chi connectivity index (χ1n) is 4.24. The Balaban J connectivity index is 2.94. The minimum absolute atomic E-state index is 0.338. The zero-order valence-electron chi connectivity index (χ0n) is 8.23. The van der Waals surface area contributed by atoms with Crippen LogP contribution in [0.15, 0.2) is 23.4 Å². The van der Waals surface area contributed by atoms with E-state index in [4.69, 9.17) is 0 Å². The molecule has 0 nitrogen and oxygen atoms in total. The van der Waals surface area contributed by atoms with Crippen molar-refractivity contribution in [3.8, 4) is 0 Å². The highest BCUT2D eigenvalue weighted by Gasteiger charge is 2.32. The molecule has 0 fully saturated rings. The Labute approximate surface area is 71.0 Å². The van der Waals surface area contributed by atoms with Crippen molar-refractivity contribution in [1.29, 1.82) is 0 Å². The van der Waals surface area contributed by atoms with Crippen molar-refractivity contribution in [2.45, 2.75) is 33.5 Å². The lowest BCUT2D eigenvalue weighted by molar-refractivity contribution is 0.615. The third-order valence-electron chi connectivity index (χ3n) is 2.28. The Morgan fingerprint density at radius 1 is 1.18 bits per heavy atom. The first kappa shape index (κ1) is 8.79. The van der Waals surface area contributed by atoms with Gasteiger partial charge in [-0.15, -0.1) is 0 Å². The smallest absolute Gasteiger partial charge is 0.0735 e. The molecule has 0 atom stereocenters. The minimum Gasteiger partial charge on any atom is -0.0752 e. The van der Waals surface area contributed by atoms with E-state index < -0.39 is 8.07 Å². The molecule has 1 aliphatic carbocycles. The van der Waals surface area contributed by atoms with E-state index in [-0.39, 0.29) is 0 Å². The van der Waals surface area contributed by atoms with E-state index in [1.165, 1.54) is 0 Å². The molecular formula is C10H18Si. The van der Waals surface area contributed by atoms with Gasteiger partial charge in [0, 0.05) is 5.41 Å². The van der Waals surface area contributed by atoms with Crippen LogP contribution < -0.4 is 0 Å². The molecule has 0 aromatic rings. The second-order valence-corrected chi connectivity index (χ2v) is 9.95. The standard InChI is InChI=1S/C10H18Si/c1-10(2)8-6-7-9(10)11(3,4)5/h6-8H,1-5H3. The average molecular weight is 166 g/mol. The number of hydrogen-bond acceptors (Lipinski definition) is 0. The Bertz CT molecular complexity index is 214. The largest absolute Gasteiger partial charge is 0.0752 e. The number of allylic oxidation sites excluding steroid dienone is 4. The molecule has 0 aromatic heterocycles. The van der Waals surface area contributed by atoms with Crippen molar-refractivity contribution in [2.24, 2.45) is 5.41 Å². The summed E-state index contributed by atoms with van der Waals surface area (Å²) in [6.45, 7) is 11.8. The molecule has 1 heteroatoms. The maximum atomic E-state index is 2.41. The zero-order valence-corrected chi connectivity index (χ0v) is 9.23. The van der Waals surface area contributed by atoms with E-state index in [0.717, 1.165) is 0 Å². The molecule has 0 heterocycles. The fourth-order valence-corrected chi connectivity index (χ4v) is 4.52. The number of hydrogen-bond donors (Lipinski definition) is 0. The Kier molecular flexibility index (Phi) is 1.87. The van der Waals surface area contributed by atoms with Crippen molar-refractivity contribution >= 4 is 8.07 Å². The van der Waals surface area contributed by atoms with Gasteiger partial charge in [0.25, 0.3) is 0 Å². The van der Waals surface area contributed by atoms with Crippen molar-refractivity contribution in [2.75, 3.05) is 0 Å². The van der Waals surface area contributed by atoms with Gasteiger partial charge in [0.2, 0.25) is 0 Å². The van der Waals surface area contributed by atoms with E-state index in [1.807, 2.05) is 0 Å². The fourth-order valence-electron chi connectivity index (χ4n) is 1.91. The molecule has 0 aliphatic heterocycles. The summed E-state index contributed by atoms with van der Waals surface area (Å²) in [5.74, 6) is 0. The maximum absolute atomic E-state index is 2.41. The highest BCUT2D eigenvalue weighted by Crippen LogP contribution is 2.38. The van der Waals surface area contributed by atoms with Crippen LogP contribution in [0.25, 0.3) is 0 Å². The fraction of sp³-hybridized carbons (Fsp3) is 0.600. The van der Waals surface area contributed by atoms with Crippen LogP contribution in [0.2, 0.25) is 19.6 Å². The first-order valence-corrected chi connectivity index (χ1v) is 7.74. The van der Waals surface area contributed by atoms with Crippen molar-refractivity contribution in [1.82, 2.24) is 0 Å². The average Bonchev–Trinajstić information content (AvgIpc) is 2.06. The monoisotopic (exact) mass is 166 g/mol. The third-order valence-corrected chi connectivity index (χ3v) is 4.71. The van der Waals surface area contributed by atoms with Gasteiger partial charge < -0.3 is 0 Å². The SMILES string of the molecule is CC1(C)C=CC=C1[Si](C)(C)C. The molecule has 0 unspecified atom stereocenters. The van der Waals surface area contributed by atoms with Crippen LogP contribution in [-0.4, -0.2) is 8.07 Å². The molecule has 0 bridgehead atoms. The summed E-state index contributed by atoms with van der Waals surface area (Å²) in [6.07, 6.45) is 6.82. The summed E-state index contributed by atoms with van der Waals surface area (Å²) < 4.78 is 0. The van der Waals surface area contributed by atoms with Crippen LogP contribution in [0.4, 0.5) is 0 Å². The summed E-state index contributed by atoms with van der Waals surface area (Å²) in [6, 6.07) is 0. The van der Waals surface area contributed by atoms with Gasteiger partial charge in [-0.05, 0) is 0 Å². The quantitative estimate of drug-likeness (QED) is 0.524. The molecule has 0 saturated heterocycles. The van der Waals surface area contributed by atoms with Gasteiger partial charge in [-0.1, -0.05) is 56.9 Å². The molecule has 0 aromatic carbocycles. The van der Waals surface area contributed by atoms with Gasteiger partial charge in [0.15, 0.2) is 0 Å². The lowest BCUT2D eigenvalue weighted by Crippen LogP contribution is -2.31. The lowest BCUT2D eigenvalue weighted by Gasteiger charge is -2.30. The maximum Gasteiger partial charge on any atom is 0.0735 e. The van der Waals surface area contributed by atoms with E-state index in [1.54, 1.807) is 5.20 Å². The van der Waals surface area contributed by atoms with Crippen LogP contribution in [0, 0.1) is 5.41 Å². The molecule has 0 N–H and O–H groups in total. The molecule has 1 rings (SSSR count). The molecule has 0 amide bonds. The van der Waals surface area contributed by atoms with Crippen molar-refractivity contribution < 1.29 is 0 Å². The summed E-state index contributed by atoms with van der Waals surface area (Å²) in [5, 5.41) is 1.67. The van der Waals surface area contributed by atoms with Gasteiger partial charge in [-0.2, -0.15) is 0 Å². The van der Waals surface area contributed by atoms with Gasteiger partial charge in [-0.25, -0.2) is 0 Å². The highest BCUT2D eigenvalue weighted by atomic mass is 28.3. The third kappa shape index (κ3) is 1.64. The highest BCUT2D eigenvalue weighted by molar-refractivity contribution is 6.83. The molecule has 0 saturated carbocycles. The van der Waals surface area contributed by atoms with Crippen LogP contribution >= 0.6 is 0 Å². The van der Waals surface area contributed by atoms with Gasteiger partial charge >= 0.3 is 0 Å². The summed E-state index contributed by atoms with van der Waals surface area (Å²) in [4.78, 5) is 0. The molecular weight excluding hydrogens is 148 g/mol. The van der Waals surface area contributed by atoms with E-state index in [9.17, 15) is 0 Å². The van der Waals surface area contributed by atoms with Gasteiger partial charge in [-0.3, -0.25) is 0 Å². The van der Waals surface area contributed by atoms with Crippen LogP contribution in [0.5, 0.6) is 0 Å². The van der Waals surface area contributed by atoms with Crippen LogP contribution in [0.1, 0.15) is 13.8 Å². The molecule has 0 radical (unpaired) electrons. The summed E-state index contributed by atoms with van der Waals surface area (Å²) in [5.41, 5.74) is 0.338. The van der Waals surface area contributed by atoms with E-state index in [2.05, 4.69) is 51.7 Å². The summed E-state index contributed by atoms with van der Waals surface area (Å²) in [7, 11) is -1.06. The van der Waals surface area contributed by atoms with E-state index >= 15 is 0 Å². The van der Waals surface area contributed by atoms with Gasteiger partial charge in [0.05, 0.1) is 8.07 Å². The zero-order chi connectivity index (χ0) is 8.70. The Morgan fingerprint density at radius 2 is 1.73 bits per heavy atom. The first-order chi connectivity index (χ1) is 4.84. The predicted octanol–water partition coefficient (Wildman–Crippen LogP) is 3.39. The molecule has 11 heavy (non-hydrogen) atoms. The lowest BCUT2D eigenvalue weighted by atomic mass is 9.96. The van der Waals surface area contributed by atoms with E-state index in [0.29, 0.717) is 5.41 Å². The molecule has 0 spiro atoms. The number of rotatable bonds is 1. The van der Waals surface area contributed by atoms with Crippen LogP contribution in [0.3, 0.4) is 0 Å². The Morgan fingerprint density at radius 3 is 1.91 bits per heavy atom. The normalized spacial score (nSPS) is 22.1. The second kappa shape index (κ2) is 2.34. The van der Waals surface area contributed by atoms with Crippen LogP contribution in [-0.2, 0) is 0 Å². The topological polar surface area (TPSA) is 0 Å². The predicted molar refractivity (Wildman–Crippen MR) is 54.4 cm³/mol. The summed E-state index contributed by atoms with van der Waals surface area (Å²) >= 11 is 0. The second-order valence-electron chi connectivity index (χ2n) is 4.91.